The van der Waals surface area contributed by atoms with E-state index in [1.807, 2.05) is 25.1 Å². The zero-order valence-electron chi connectivity index (χ0n) is 15.4. The van der Waals surface area contributed by atoms with Crippen LogP contribution < -0.4 is 5.56 Å². The lowest BCUT2D eigenvalue weighted by Gasteiger charge is -2.14. The number of fused-ring (bicyclic) bond motifs is 1. The van der Waals surface area contributed by atoms with Gasteiger partial charge in [0, 0.05) is 17.0 Å². The smallest absolute Gasteiger partial charge is 0.265 e. The Bertz CT molecular complexity index is 1260. The molecule has 0 saturated carbocycles. The lowest BCUT2D eigenvalue weighted by atomic mass is 10.1. The molecule has 1 fully saturated rings. The topological polar surface area (TPSA) is 88.7 Å². The fraction of sp³-hybridized carbons (Fsp3) is 0.238. The summed E-state index contributed by atoms with van der Waals surface area (Å²) >= 11 is 0. The van der Waals surface area contributed by atoms with Crippen molar-refractivity contribution >= 4 is 26.8 Å². The van der Waals surface area contributed by atoms with Crippen LogP contribution in [0.2, 0.25) is 0 Å². The average Bonchev–Trinajstić information content (AvgIpc) is 3.01. The maximum atomic E-state index is 13.0. The number of hydrogen-bond acceptors (Lipinski definition) is 5. The number of rotatable bonds is 3. The minimum Gasteiger partial charge on any atom is -0.494 e. The van der Waals surface area contributed by atoms with E-state index in [9.17, 15) is 18.3 Å². The molecule has 28 heavy (non-hydrogen) atoms. The third-order valence-corrected chi connectivity index (χ3v) is 6.74. The summed E-state index contributed by atoms with van der Waals surface area (Å²) in [6.07, 6.45) is 1.96. The number of hydrogen-bond donors (Lipinski definition) is 1. The van der Waals surface area contributed by atoms with Crippen molar-refractivity contribution in [3.05, 3.63) is 70.0 Å². The van der Waals surface area contributed by atoms with Crippen LogP contribution in [0.4, 0.5) is 0 Å². The van der Waals surface area contributed by atoms with Crippen molar-refractivity contribution < 1.29 is 13.5 Å². The molecular weight excluding hydrogens is 376 g/mol. The SMILES string of the molecule is Cc1cccc(-n2c(O)c(C=N[C@H]3CCS(=O)(=O)C3)c3ccccc3c2=O)c1. The predicted molar refractivity (Wildman–Crippen MR) is 111 cm³/mol. The summed E-state index contributed by atoms with van der Waals surface area (Å²) in [5, 5.41) is 12.0. The van der Waals surface area contributed by atoms with E-state index in [1.165, 1.54) is 10.8 Å². The molecule has 6 nitrogen and oxygen atoms in total. The van der Waals surface area contributed by atoms with Crippen LogP contribution in [0.25, 0.3) is 16.5 Å². The summed E-state index contributed by atoms with van der Waals surface area (Å²) in [6.45, 7) is 1.91. The first kappa shape index (κ1) is 18.4. The second kappa shape index (κ2) is 6.91. The Balaban J connectivity index is 1.92. The Labute approximate surface area is 162 Å². The molecule has 2 aromatic carbocycles. The number of aromatic hydroxyl groups is 1. The van der Waals surface area contributed by atoms with E-state index in [2.05, 4.69) is 4.99 Å². The molecule has 1 aliphatic heterocycles. The lowest BCUT2D eigenvalue weighted by Crippen LogP contribution is -2.20. The minimum absolute atomic E-state index is 0.0136. The number of benzene rings is 2. The van der Waals surface area contributed by atoms with Crippen LogP contribution >= 0.6 is 0 Å². The summed E-state index contributed by atoms with van der Waals surface area (Å²) in [4.78, 5) is 17.4. The summed E-state index contributed by atoms with van der Waals surface area (Å²) < 4.78 is 24.6. The molecule has 0 amide bonds. The van der Waals surface area contributed by atoms with Gasteiger partial charge in [-0.25, -0.2) is 13.0 Å². The standard InChI is InChI=1S/C21H20N2O4S/c1-14-5-4-6-16(11-14)23-20(24)18-8-3-2-7-17(18)19(21(23)25)12-22-15-9-10-28(26,27)13-15/h2-8,11-12,15,25H,9-10,13H2,1H3/t15-/m0/s1. The van der Waals surface area contributed by atoms with Crippen molar-refractivity contribution in [3.8, 4) is 11.6 Å². The molecule has 1 aliphatic rings. The number of aryl methyl sites for hydroxylation is 1. The fourth-order valence-corrected chi connectivity index (χ4v) is 5.21. The van der Waals surface area contributed by atoms with Gasteiger partial charge < -0.3 is 5.11 Å². The normalized spacial score (nSPS) is 18.8. The number of aliphatic imine (C=N–C) groups is 1. The molecule has 1 saturated heterocycles. The van der Waals surface area contributed by atoms with E-state index in [4.69, 9.17) is 0 Å². The number of aromatic nitrogens is 1. The third kappa shape index (κ3) is 3.33. The Morgan fingerprint density at radius 3 is 2.57 bits per heavy atom. The van der Waals surface area contributed by atoms with Gasteiger partial charge in [-0.05, 0) is 37.1 Å². The summed E-state index contributed by atoms with van der Waals surface area (Å²) in [5.74, 6) is -0.0663. The van der Waals surface area contributed by atoms with Crippen LogP contribution in [-0.4, -0.2) is 41.9 Å². The van der Waals surface area contributed by atoms with Gasteiger partial charge in [-0.2, -0.15) is 0 Å². The molecule has 1 N–H and O–H groups in total. The van der Waals surface area contributed by atoms with Crippen molar-refractivity contribution in [2.75, 3.05) is 11.5 Å². The van der Waals surface area contributed by atoms with Gasteiger partial charge in [0.25, 0.3) is 5.56 Å². The van der Waals surface area contributed by atoms with Gasteiger partial charge in [-0.1, -0.05) is 30.3 Å². The molecule has 0 unspecified atom stereocenters. The summed E-state index contributed by atoms with van der Waals surface area (Å²) in [6, 6.07) is 14.0. The van der Waals surface area contributed by atoms with E-state index in [-0.39, 0.29) is 29.0 Å². The predicted octanol–water partition coefficient (Wildman–Crippen LogP) is 2.61. The maximum absolute atomic E-state index is 13.0. The quantitative estimate of drug-likeness (QED) is 0.689. The summed E-state index contributed by atoms with van der Waals surface area (Å²) in [5.41, 5.74) is 1.61. The highest BCUT2D eigenvalue weighted by molar-refractivity contribution is 7.91. The van der Waals surface area contributed by atoms with E-state index >= 15 is 0 Å². The molecule has 0 aliphatic carbocycles. The molecule has 4 rings (SSSR count). The van der Waals surface area contributed by atoms with Crippen molar-refractivity contribution in [1.29, 1.82) is 0 Å². The van der Waals surface area contributed by atoms with Crippen LogP contribution in [0.15, 0.2) is 58.3 Å². The first-order valence-electron chi connectivity index (χ1n) is 9.03. The average molecular weight is 396 g/mol. The Morgan fingerprint density at radius 2 is 1.89 bits per heavy atom. The van der Waals surface area contributed by atoms with Gasteiger partial charge in [0.05, 0.1) is 28.8 Å². The molecule has 144 valence electrons. The number of sulfone groups is 1. The first-order chi connectivity index (χ1) is 13.4. The Kier molecular flexibility index (Phi) is 4.55. The zero-order valence-corrected chi connectivity index (χ0v) is 16.2. The monoisotopic (exact) mass is 396 g/mol. The maximum Gasteiger partial charge on any atom is 0.265 e. The van der Waals surface area contributed by atoms with Gasteiger partial charge in [0.1, 0.15) is 0 Å². The highest BCUT2D eigenvalue weighted by Crippen LogP contribution is 2.26. The third-order valence-electron chi connectivity index (χ3n) is 4.99. The van der Waals surface area contributed by atoms with Crippen LogP contribution in [0.3, 0.4) is 0 Å². The summed E-state index contributed by atoms with van der Waals surface area (Å²) in [7, 11) is -3.05. The van der Waals surface area contributed by atoms with E-state index in [0.29, 0.717) is 28.4 Å². The molecule has 7 heteroatoms. The molecule has 0 bridgehead atoms. The number of pyridine rings is 1. The van der Waals surface area contributed by atoms with Gasteiger partial charge in [-0.3, -0.25) is 9.79 Å². The van der Waals surface area contributed by atoms with E-state index in [0.717, 1.165) is 5.56 Å². The lowest BCUT2D eigenvalue weighted by molar-refractivity contribution is 0.436. The largest absolute Gasteiger partial charge is 0.494 e. The fourth-order valence-electron chi connectivity index (χ4n) is 3.57. The van der Waals surface area contributed by atoms with Crippen LogP contribution in [0, 0.1) is 6.92 Å². The highest BCUT2D eigenvalue weighted by atomic mass is 32.2. The second-order valence-corrected chi connectivity index (χ2v) is 9.33. The molecule has 1 aromatic heterocycles. The molecule has 3 aromatic rings. The Hall–Kier alpha value is -2.93. The van der Waals surface area contributed by atoms with E-state index < -0.39 is 9.84 Å². The molecule has 0 spiro atoms. The first-order valence-corrected chi connectivity index (χ1v) is 10.9. The van der Waals surface area contributed by atoms with Gasteiger partial charge in [-0.15, -0.1) is 0 Å². The zero-order chi connectivity index (χ0) is 19.9. The van der Waals surface area contributed by atoms with Gasteiger partial charge >= 0.3 is 0 Å². The van der Waals surface area contributed by atoms with Gasteiger partial charge in [0.15, 0.2) is 9.84 Å². The van der Waals surface area contributed by atoms with Crippen LogP contribution in [0.5, 0.6) is 5.88 Å². The minimum atomic E-state index is -3.05. The van der Waals surface area contributed by atoms with Crippen LogP contribution in [0.1, 0.15) is 17.5 Å². The van der Waals surface area contributed by atoms with Crippen LogP contribution in [-0.2, 0) is 9.84 Å². The molecule has 2 heterocycles. The highest BCUT2D eigenvalue weighted by Gasteiger charge is 2.27. The Morgan fingerprint density at radius 1 is 1.14 bits per heavy atom. The number of nitrogens with zero attached hydrogens (tertiary/aromatic N) is 2. The van der Waals surface area contributed by atoms with Crippen molar-refractivity contribution in [2.24, 2.45) is 4.99 Å². The molecular formula is C21H20N2O4S. The van der Waals surface area contributed by atoms with Crippen molar-refractivity contribution in [1.82, 2.24) is 4.57 Å². The molecule has 0 radical (unpaired) electrons. The van der Waals surface area contributed by atoms with E-state index in [1.54, 1.807) is 30.3 Å². The van der Waals surface area contributed by atoms with Crippen molar-refractivity contribution in [2.45, 2.75) is 19.4 Å². The second-order valence-electron chi connectivity index (χ2n) is 7.10. The molecule has 1 atom stereocenters. The van der Waals surface area contributed by atoms with Gasteiger partial charge in [0.2, 0.25) is 5.88 Å². The van der Waals surface area contributed by atoms with Crippen molar-refractivity contribution in [3.63, 3.8) is 0 Å².